The topological polar surface area (TPSA) is 21.3 Å². The number of allylic oxidation sites excluding steroid dienone is 1. The summed E-state index contributed by atoms with van der Waals surface area (Å²) in [5.74, 6) is -0.153. The second-order valence-electron chi connectivity index (χ2n) is 3.93. The highest BCUT2D eigenvalue weighted by molar-refractivity contribution is 5.16. The summed E-state index contributed by atoms with van der Waals surface area (Å²) in [7, 11) is 0. The average molecular weight is 221 g/mol. The van der Waals surface area contributed by atoms with Gasteiger partial charge in [0.05, 0.1) is 6.26 Å². The quantitative estimate of drug-likeness (QED) is 0.843. The van der Waals surface area contributed by atoms with Crippen molar-refractivity contribution in [1.82, 2.24) is 5.32 Å². The molecular weight excluding hydrogens is 205 g/mol. The Kier molecular flexibility index (Phi) is 3.94. The minimum atomic E-state index is -0.153. The van der Waals surface area contributed by atoms with E-state index in [1.807, 2.05) is 12.1 Å². The highest BCUT2D eigenvalue weighted by Gasteiger charge is 2.10. The number of hydrogen-bond donors (Lipinski definition) is 1. The maximum atomic E-state index is 13.3. The zero-order chi connectivity index (χ0) is 11.2. The molecular formula is C13H16FNO. The third-order valence-electron chi connectivity index (χ3n) is 2.67. The van der Waals surface area contributed by atoms with Gasteiger partial charge in [0.25, 0.3) is 0 Å². The molecule has 0 aliphatic carbocycles. The van der Waals surface area contributed by atoms with Gasteiger partial charge >= 0.3 is 0 Å². The van der Waals surface area contributed by atoms with Crippen LogP contribution in [0.25, 0.3) is 0 Å². The van der Waals surface area contributed by atoms with Crippen LogP contribution >= 0.6 is 0 Å². The van der Waals surface area contributed by atoms with E-state index in [4.69, 9.17) is 4.74 Å². The zero-order valence-electron chi connectivity index (χ0n) is 9.16. The fraction of sp³-hybridized carbons (Fsp3) is 0.385. The molecule has 0 saturated carbocycles. The van der Waals surface area contributed by atoms with Gasteiger partial charge in [0, 0.05) is 18.7 Å². The van der Waals surface area contributed by atoms with Crippen LogP contribution in [0.2, 0.25) is 0 Å². The van der Waals surface area contributed by atoms with Crippen molar-refractivity contribution >= 4 is 0 Å². The first-order chi connectivity index (χ1) is 7.86. The molecule has 0 bridgehead atoms. The molecule has 1 aliphatic heterocycles. The van der Waals surface area contributed by atoms with Crippen molar-refractivity contribution in [3.63, 3.8) is 0 Å². The normalized spacial score (nSPS) is 19.4. The van der Waals surface area contributed by atoms with Gasteiger partial charge in [-0.1, -0.05) is 18.2 Å². The maximum Gasteiger partial charge on any atom is 0.127 e. The van der Waals surface area contributed by atoms with E-state index in [2.05, 4.69) is 5.32 Å². The predicted molar refractivity (Wildman–Crippen MR) is 61.4 cm³/mol. The average Bonchev–Trinajstić information content (AvgIpc) is 2.33. The van der Waals surface area contributed by atoms with Crippen molar-refractivity contribution in [2.45, 2.75) is 25.5 Å². The van der Waals surface area contributed by atoms with Crippen LogP contribution in [0.3, 0.4) is 0 Å². The number of ether oxygens (including phenoxy) is 1. The molecule has 1 aromatic carbocycles. The number of benzene rings is 1. The highest BCUT2D eigenvalue weighted by atomic mass is 19.1. The van der Waals surface area contributed by atoms with Crippen molar-refractivity contribution < 1.29 is 9.13 Å². The Hall–Kier alpha value is -1.35. The van der Waals surface area contributed by atoms with E-state index < -0.39 is 0 Å². The van der Waals surface area contributed by atoms with Crippen molar-refractivity contribution in [1.29, 1.82) is 0 Å². The standard InChI is InChI=1S/C13H16FNO/c14-13-7-2-1-5-11(13)9-15-10-12-6-3-4-8-16-12/h1-2,4-5,7-8,12,15H,3,6,9-10H2. The lowest BCUT2D eigenvalue weighted by Gasteiger charge is -2.19. The van der Waals surface area contributed by atoms with E-state index in [1.165, 1.54) is 6.07 Å². The lowest BCUT2D eigenvalue weighted by Crippen LogP contribution is -2.29. The van der Waals surface area contributed by atoms with Gasteiger partial charge in [0.1, 0.15) is 11.9 Å². The minimum absolute atomic E-state index is 0.153. The van der Waals surface area contributed by atoms with Crippen LogP contribution in [0.4, 0.5) is 4.39 Å². The Morgan fingerprint density at radius 1 is 1.38 bits per heavy atom. The Morgan fingerprint density at radius 2 is 2.25 bits per heavy atom. The second kappa shape index (κ2) is 5.66. The fourth-order valence-electron chi connectivity index (χ4n) is 1.74. The molecule has 1 N–H and O–H groups in total. The van der Waals surface area contributed by atoms with Crippen LogP contribution in [-0.2, 0) is 11.3 Å². The first-order valence-electron chi connectivity index (χ1n) is 5.61. The number of hydrogen-bond acceptors (Lipinski definition) is 2. The van der Waals surface area contributed by atoms with E-state index in [0.29, 0.717) is 12.1 Å². The molecule has 16 heavy (non-hydrogen) atoms. The number of halogens is 1. The van der Waals surface area contributed by atoms with E-state index in [-0.39, 0.29) is 11.9 Å². The highest BCUT2D eigenvalue weighted by Crippen LogP contribution is 2.10. The molecule has 0 amide bonds. The molecule has 0 saturated heterocycles. The first kappa shape index (κ1) is 11.1. The molecule has 3 heteroatoms. The number of nitrogens with one attached hydrogen (secondary N) is 1. The van der Waals surface area contributed by atoms with Crippen LogP contribution in [0.15, 0.2) is 36.6 Å². The predicted octanol–water partition coefficient (Wildman–Crippen LogP) is 2.61. The lowest BCUT2D eigenvalue weighted by molar-refractivity contribution is 0.122. The molecule has 1 atom stereocenters. The molecule has 0 aromatic heterocycles. The van der Waals surface area contributed by atoms with Crippen molar-refractivity contribution in [2.75, 3.05) is 6.54 Å². The molecule has 0 radical (unpaired) electrons. The first-order valence-corrected chi connectivity index (χ1v) is 5.61. The molecule has 1 unspecified atom stereocenters. The summed E-state index contributed by atoms with van der Waals surface area (Å²) in [5, 5.41) is 3.21. The molecule has 1 heterocycles. The maximum absolute atomic E-state index is 13.3. The summed E-state index contributed by atoms with van der Waals surface area (Å²) < 4.78 is 18.7. The summed E-state index contributed by atoms with van der Waals surface area (Å²) >= 11 is 0. The second-order valence-corrected chi connectivity index (χ2v) is 3.93. The van der Waals surface area contributed by atoms with Crippen LogP contribution in [0, 0.1) is 5.82 Å². The van der Waals surface area contributed by atoms with E-state index in [0.717, 1.165) is 19.4 Å². The minimum Gasteiger partial charge on any atom is -0.497 e. The Labute approximate surface area is 95.1 Å². The van der Waals surface area contributed by atoms with Crippen molar-refractivity contribution in [3.8, 4) is 0 Å². The third-order valence-corrected chi connectivity index (χ3v) is 2.67. The smallest absolute Gasteiger partial charge is 0.127 e. The Balaban J connectivity index is 1.75. The van der Waals surface area contributed by atoms with Gasteiger partial charge in [0.2, 0.25) is 0 Å². The molecule has 1 aliphatic rings. The van der Waals surface area contributed by atoms with Gasteiger partial charge in [-0.2, -0.15) is 0 Å². The molecule has 0 fully saturated rings. The van der Waals surface area contributed by atoms with Crippen LogP contribution in [-0.4, -0.2) is 12.6 Å². The summed E-state index contributed by atoms with van der Waals surface area (Å²) in [6.07, 6.45) is 6.08. The molecule has 2 rings (SSSR count). The molecule has 0 spiro atoms. The Morgan fingerprint density at radius 3 is 3.00 bits per heavy atom. The van der Waals surface area contributed by atoms with Gasteiger partial charge in [0.15, 0.2) is 0 Å². The van der Waals surface area contributed by atoms with Crippen LogP contribution in [0.5, 0.6) is 0 Å². The summed E-state index contributed by atoms with van der Waals surface area (Å²) in [6, 6.07) is 6.83. The fourth-order valence-corrected chi connectivity index (χ4v) is 1.74. The Bertz CT molecular complexity index is 365. The van der Waals surface area contributed by atoms with Crippen LogP contribution < -0.4 is 5.32 Å². The van der Waals surface area contributed by atoms with Crippen LogP contribution in [0.1, 0.15) is 18.4 Å². The molecule has 2 nitrogen and oxygen atoms in total. The van der Waals surface area contributed by atoms with E-state index in [1.54, 1.807) is 18.4 Å². The van der Waals surface area contributed by atoms with Crippen molar-refractivity contribution in [2.24, 2.45) is 0 Å². The molecule has 1 aromatic rings. The zero-order valence-corrected chi connectivity index (χ0v) is 9.16. The van der Waals surface area contributed by atoms with Gasteiger partial charge in [-0.25, -0.2) is 4.39 Å². The summed E-state index contributed by atoms with van der Waals surface area (Å²) in [5.41, 5.74) is 0.703. The monoisotopic (exact) mass is 221 g/mol. The van der Waals surface area contributed by atoms with Crippen molar-refractivity contribution in [3.05, 3.63) is 48.0 Å². The van der Waals surface area contributed by atoms with Gasteiger partial charge in [-0.3, -0.25) is 0 Å². The van der Waals surface area contributed by atoms with Gasteiger partial charge < -0.3 is 10.1 Å². The van der Waals surface area contributed by atoms with Gasteiger partial charge in [-0.15, -0.1) is 0 Å². The summed E-state index contributed by atoms with van der Waals surface area (Å²) in [4.78, 5) is 0. The van der Waals surface area contributed by atoms with Gasteiger partial charge in [-0.05, 0) is 25.0 Å². The SMILES string of the molecule is Fc1ccccc1CNCC1CCC=CO1. The molecule has 86 valence electrons. The lowest BCUT2D eigenvalue weighted by atomic mass is 10.1. The summed E-state index contributed by atoms with van der Waals surface area (Å²) in [6.45, 7) is 1.31. The van der Waals surface area contributed by atoms with E-state index in [9.17, 15) is 4.39 Å². The number of rotatable bonds is 4. The third kappa shape index (κ3) is 3.07. The largest absolute Gasteiger partial charge is 0.497 e. The van der Waals surface area contributed by atoms with E-state index >= 15 is 0 Å².